The summed E-state index contributed by atoms with van der Waals surface area (Å²) in [6.45, 7) is 4.01. The second-order valence-corrected chi connectivity index (χ2v) is 5.34. The van der Waals surface area contributed by atoms with E-state index in [9.17, 15) is 4.79 Å². The molecule has 1 heterocycles. The largest absolute Gasteiger partial charge is 0.334 e. The predicted octanol–water partition coefficient (Wildman–Crippen LogP) is 2.40. The number of carbonyl (C=O) groups excluding carboxylic acids is 1. The minimum Gasteiger partial charge on any atom is -0.334 e. The van der Waals surface area contributed by atoms with Crippen LogP contribution in [0.25, 0.3) is 11.4 Å². The molecule has 21 heavy (non-hydrogen) atoms. The van der Waals surface area contributed by atoms with Crippen molar-refractivity contribution in [2.45, 2.75) is 26.3 Å². The van der Waals surface area contributed by atoms with Crippen molar-refractivity contribution in [3.63, 3.8) is 0 Å². The molecule has 0 fully saturated rings. The Hall–Kier alpha value is -2.14. The Morgan fingerprint density at radius 3 is 2.86 bits per heavy atom. The third-order valence-electron chi connectivity index (χ3n) is 3.77. The number of rotatable bonds is 5. The molecule has 0 aliphatic rings. The highest BCUT2D eigenvalue weighted by atomic mass is 16.2. The lowest BCUT2D eigenvalue weighted by Gasteiger charge is -2.18. The minimum absolute atomic E-state index is 0.152. The maximum absolute atomic E-state index is 12.1. The van der Waals surface area contributed by atoms with Crippen molar-refractivity contribution < 1.29 is 4.79 Å². The Kier molecular flexibility index (Phi) is 4.75. The number of nitrogens with zero attached hydrogens (tertiary/aromatic N) is 2. The second kappa shape index (κ2) is 6.54. The smallest absolute Gasteiger partial charge is 0.241 e. The number of amides is 1. The van der Waals surface area contributed by atoms with Crippen molar-refractivity contribution in [3.8, 4) is 11.4 Å². The van der Waals surface area contributed by atoms with Crippen LogP contribution in [0.5, 0.6) is 0 Å². The number of aryl methyl sites for hydroxylation is 1. The Labute approximate surface area is 125 Å². The molecule has 0 aliphatic heterocycles. The number of benzene rings is 1. The van der Waals surface area contributed by atoms with E-state index in [-0.39, 0.29) is 11.8 Å². The molecule has 2 unspecified atom stereocenters. The number of hydrogen-bond donors (Lipinski definition) is 2. The number of nitrogens with one attached hydrogen (secondary N) is 1. The molecular weight excluding hydrogens is 264 g/mol. The van der Waals surface area contributed by atoms with Crippen LogP contribution in [-0.4, -0.2) is 21.5 Å². The third kappa shape index (κ3) is 3.49. The van der Waals surface area contributed by atoms with Gasteiger partial charge in [-0.15, -0.1) is 0 Å². The zero-order valence-corrected chi connectivity index (χ0v) is 12.7. The van der Waals surface area contributed by atoms with Gasteiger partial charge in [0.15, 0.2) is 0 Å². The molecule has 0 saturated carbocycles. The summed E-state index contributed by atoms with van der Waals surface area (Å²) >= 11 is 0. The number of aromatic nitrogens is 2. The summed E-state index contributed by atoms with van der Waals surface area (Å²) in [6, 6.07) is 7.13. The normalized spacial score (nSPS) is 13.7. The Balaban J connectivity index is 2.15. The van der Waals surface area contributed by atoms with E-state index < -0.39 is 6.04 Å². The zero-order valence-electron chi connectivity index (χ0n) is 12.7. The van der Waals surface area contributed by atoms with Crippen molar-refractivity contribution in [2.75, 3.05) is 5.32 Å². The molecule has 5 heteroatoms. The third-order valence-corrected chi connectivity index (χ3v) is 3.77. The standard InChI is InChI=1S/C16H22N4O/c1-4-11(2)14(17)16(21)19-13-7-5-6-12(10-13)15-18-8-9-20(15)3/h5-11,14H,4,17H2,1-3H3,(H,19,21). The summed E-state index contributed by atoms with van der Waals surface area (Å²) in [5, 5.41) is 2.88. The lowest BCUT2D eigenvalue weighted by Crippen LogP contribution is -2.40. The molecule has 2 atom stereocenters. The van der Waals surface area contributed by atoms with E-state index in [0.717, 1.165) is 23.5 Å². The number of imidazole rings is 1. The van der Waals surface area contributed by atoms with Crippen LogP contribution in [0.1, 0.15) is 20.3 Å². The highest BCUT2D eigenvalue weighted by Crippen LogP contribution is 2.21. The van der Waals surface area contributed by atoms with Gasteiger partial charge in [0.05, 0.1) is 6.04 Å². The van der Waals surface area contributed by atoms with Crippen molar-refractivity contribution in [2.24, 2.45) is 18.7 Å². The molecular formula is C16H22N4O. The summed E-state index contributed by atoms with van der Waals surface area (Å²) in [6.07, 6.45) is 4.51. The van der Waals surface area contributed by atoms with E-state index in [1.54, 1.807) is 6.20 Å². The lowest BCUT2D eigenvalue weighted by atomic mass is 9.99. The van der Waals surface area contributed by atoms with Gasteiger partial charge in [0, 0.05) is 30.7 Å². The quantitative estimate of drug-likeness (QED) is 0.886. The van der Waals surface area contributed by atoms with Crippen LogP contribution in [0.15, 0.2) is 36.7 Å². The molecule has 0 spiro atoms. The van der Waals surface area contributed by atoms with Gasteiger partial charge in [-0.3, -0.25) is 4.79 Å². The van der Waals surface area contributed by atoms with E-state index >= 15 is 0 Å². The Morgan fingerprint density at radius 1 is 1.48 bits per heavy atom. The fraction of sp³-hybridized carbons (Fsp3) is 0.375. The van der Waals surface area contributed by atoms with Gasteiger partial charge < -0.3 is 15.6 Å². The summed E-state index contributed by atoms with van der Waals surface area (Å²) in [4.78, 5) is 16.4. The molecule has 3 N–H and O–H groups in total. The molecule has 2 rings (SSSR count). The average molecular weight is 286 g/mol. The lowest BCUT2D eigenvalue weighted by molar-refractivity contribution is -0.118. The topological polar surface area (TPSA) is 72.9 Å². The van der Waals surface area contributed by atoms with Gasteiger partial charge >= 0.3 is 0 Å². The monoisotopic (exact) mass is 286 g/mol. The minimum atomic E-state index is -0.494. The Morgan fingerprint density at radius 2 is 2.24 bits per heavy atom. The fourth-order valence-electron chi connectivity index (χ4n) is 2.12. The van der Waals surface area contributed by atoms with Crippen molar-refractivity contribution in [1.29, 1.82) is 0 Å². The van der Waals surface area contributed by atoms with Gasteiger partial charge in [-0.25, -0.2) is 4.98 Å². The molecule has 2 aromatic rings. The predicted molar refractivity (Wildman–Crippen MR) is 84.7 cm³/mol. The van der Waals surface area contributed by atoms with E-state index in [2.05, 4.69) is 10.3 Å². The molecule has 1 aromatic carbocycles. The van der Waals surface area contributed by atoms with Gasteiger partial charge in [0.1, 0.15) is 5.82 Å². The SMILES string of the molecule is CCC(C)C(N)C(=O)Nc1cccc(-c2nccn2C)c1. The second-order valence-electron chi connectivity index (χ2n) is 5.34. The van der Waals surface area contributed by atoms with Gasteiger partial charge in [-0.2, -0.15) is 0 Å². The van der Waals surface area contributed by atoms with E-state index in [4.69, 9.17) is 5.73 Å². The van der Waals surface area contributed by atoms with Crippen LogP contribution in [0.2, 0.25) is 0 Å². The maximum atomic E-state index is 12.1. The van der Waals surface area contributed by atoms with E-state index in [1.165, 1.54) is 0 Å². The summed E-state index contributed by atoms with van der Waals surface area (Å²) < 4.78 is 1.94. The zero-order chi connectivity index (χ0) is 15.4. The first kappa shape index (κ1) is 15.3. The van der Waals surface area contributed by atoms with Gasteiger partial charge in [0.2, 0.25) is 5.91 Å². The number of anilines is 1. The molecule has 112 valence electrons. The highest BCUT2D eigenvalue weighted by molar-refractivity contribution is 5.95. The molecule has 1 aromatic heterocycles. The van der Waals surface area contributed by atoms with Gasteiger partial charge in [-0.1, -0.05) is 32.4 Å². The fourth-order valence-corrected chi connectivity index (χ4v) is 2.12. The average Bonchev–Trinajstić information content (AvgIpc) is 2.92. The first-order chi connectivity index (χ1) is 10.0. The maximum Gasteiger partial charge on any atom is 0.241 e. The first-order valence-corrected chi connectivity index (χ1v) is 7.17. The first-order valence-electron chi connectivity index (χ1n) is 7.17. The van der Waals surface area contributed by atoms with Crippen molar-refractivity contribution >= 4 is 11.6 Å². The van der Waals surface area contributed by atoms with E-state index in [0.29, 0.717) is 0 Å². The molecule has 0 radical (unpaired) electrons. The van der Waals surface area contributed by atoms with Gasteiger partial charge in [0.25, 0.3) is 0 Å². The molecule has 0 saturated heterocycles. The van der Waals surface area contributed by atoms with Gasteiger partial charge in [-0.05, 0) is 18.1 Å². The molecule has 0 aliphatic carbocycles. The molecule has 1 amide bonds. The van der Waals surface area contributed by atoms with Crippen LogP contribution in [0, 0.1) is 5.92 Å². The van der Waals surface area contributed by atoms with Crippen LogP contribution < -0.4 is 11.1 Å². The number of hydrogen-bond acceptors (Lipinski definition) is 3. The number of nitrogens with two attached hydrogens (primary N) is 1. The van der Waals surface area contributed by atoms with Crippen molar-refractivity contribution in [3.05, 3.63) is 36.7 Å². The Bertz CT molecular complexity index is 620. The van der Waals surface area contributed by atoms with Crippen LogP contribution >= 0.6 is 0 Å². The number of carbonyl (C=O) groups is 1. The van der Waals surface area contributed by atoms with E-state index in [1.807, 2.05) is 55.9 Å². The van der Waals surface area contributed by atoms with Crippen LogP contribution in [-0.2, 0) is 11.8 Å². The molecule has 0 bridgehead atoms. The highest BCUT2D eigenvalue weighted by Gasteiger charge is 2.19. The summed E-state index contributed by atoms with van der Waals surface area (Å²) in [7, 11) is 1.94. The summed E-state index contributed by atoms with van der Waals surface area (Å²) in [5.41, 5.74) is 7.64. The van der Waals surface area contributed by atoms with Crippen molar-refractivity contribution in [1.82, 2.24) is 9.55 Å². The summed E-state index contributed by atoms with van der Waals surface area (Å²) in [5.74, 6) is 0.862. The molecule has 5 nitrogen and oxygen atoms in total. The van der Waals surface area contributed by atoms with Crippen LogP contribution in [0.4, 0.5) is 5.69 Å². The van der Waals surface area contributed by atoms with Crippen LogP contribution in [0.3, 0.4) is 0 Å².